The number of carbonyl (C=O) groups excluding carboxylic acids is 1. The molecule has 0 aliphatic rings. The second-order valence-corrected chi connectivity index (χ2v) is 7.67. The van der Waals surface area contributed by atoms with Crippen LogP contribution in [-0.4, -0.2) is 54.9 Å². The SMILES string of the molecule is CC(NCCO)O/N=C/c1cc(C(=O)NOCCO)c(Nc2ccc(I)cc2F)c(F)c1F. The van der Waals surface area contributed by atoms with Gasteiger partial charge in [0.2, 0.25) is 0 Å². The molecule has 13 heteroatoms. The van der Waals surface area contributed by atoms with Crippen LogP contribution in [0.5, 0.6) is 0 Å². The van der Waals surface area contributed by atoms with Crippen molar-refractivity contribution in [3.05, 3.63) is 56.4 Å². The zero-order chi connectivity index (χ0) is 24.4. The average Bonchev–Trinajstić information content (AvgIpc) is 2.78. The first-order valence-corrected chi connectivity index (χ1v) is 10.7. The van der Waals surface area contributed by atoms with Crippen molar-refractivity contribution in [2.45, 2.75) is 13.2 Å². The maximum absolute atomic E-state index is 15.0. The van der Waals surface area contributed by atoms with Crippen molar-refractivity contribution in [3.8, 4) is 0 Å². The van der Waals surface area contributed by atoms with Crippen LogP contribution in [0.1, 0.15) is 22.8 Å². The molecule has 33 heavy (non-hydrogen) atoms. The maximum atomic E-state index is 15.0. The fourth-order valence-electron chi connectivity index (χ4n) is 2.47. The maximum Gasteiger partial charge on any atom is 0.277 e. The molecular formula is C20H22F3IN4O5. The zero-order valence-corrected chi connectivity index (χ0v) is 19.5. The Morgan fingerprint density at radius 1 is 1.21 bits per heavy atom. The van der Waals surface area contributed by atoms with Gasteiger partial charge in [-0.2, -0.15) is 0 Å². The third-order valence-electron chi connectivity index (χ3n) is 3.98. The lowest BCUT2D eigenvalue weighted by Gasteiger charge is -2.16. The van der Waals surface area contributed by atoms with Gasteiger partial charge in [0.05, 0.1) is 43.0 Å². The summed E-state index contributed by atoms with van der Waals surface area (Å²) >= 11 is 1.88. The summed E-state index contributed by atoms with van der Waals surface area (Å²) in [6.45, 7) is 1.03. The molecule has 0 saturated heterocycles. The van der Waals surface area contributed by atoms with E-state index in [-0.39, 0.29) is 25.4 Å². The first kappa shape index (κ1) is 26.8. The van der Waals surface area contributed by atoms with E-state index >= 15 is 0 Å². The Morgan fingerprint density at radius 2 is 1.97 bits per heavy atom. The Morgan fingerprint density at radius 3 is 2.64 bits per heavy atom. The van der Waals surface area contributed by atoms with Crippen molar-refractivity contribution in [1.82, 2.24) is 10.8 Å². The third-order valence-corrected chi connectivity index (χ3v) is 4.65. The van der Waals surface area contributed by atoms with E-state index in [1.807, 2.05) is 28.1 Å². The molecule has 180 valence electrons. The van der Waals surface area contributed by atoms with Gasteiger partial charge in [0, 0.05) is 15.7 Å². The quantitative estimate of drug-likeness (QED) is 0.0857. The summed E-state index contributed by atoms with van der Waals surface area (Å²) in [7, 11) is 0. The Bertz CT molecular complexity index is 997. The number of anilines is 2. The summed E-state index contributed by atoms with van der Waals surface area (Å²) in [5.74, 6) is -4.55. The Hall–Kier alpha value is -2.46. The van der Waals surface area contributed by atoms with Crippen molar-refractivity contribution < 1.29 is 37.9 Å². The van der Waals surface area contributed by atoms with E-state index in [0.29, 0.717) is 3.57 Å². The number of halogens is 4. The number of aliphatic hydroxyl groups is 2. The number of nitrogens with one attached hydrogen (secondary N) is 3. The summed E-state index contributed by atoms with van der Waals surface area (Å²) in [6, 6.07) is 4.99. The van der Waals surface area contributed by atoms with Crippen molar-refractivity contribution >= 4 is 46.1 Å². The molecule has 0 aliphatic heterocycles. The lowest BCUT2D eigenvalue weighted by Crippen LogP contribution is -2.29. The van der Waals surface area contributed by atoms with Gasteiger partial charge >= 0.3 is 0 Å². The van der Waals surface area contributed by atoms with Gasteiger partial charge < -0.3 is 20.4 Å². The van der Waals surface area contributed by atoms with Crippen LogP contribution in [0.3, 0.4) is 0 Å². The first-order chi connectivity index (χ1) is 15.8. The monoisotopic (exact) mass is 582 g/mol. The summed E-state index contributed by atoms with van der Waals surface area (Å²) in [5.41, 5.74) is 0.324. The van der Waals surface area contributed by atoms with Crippen LogP contribution in [-0.2, 0) is 9.68 Å². The van der Waals surface area contributed by atoms with Gasteiger partial charge in [-0.1, -0.05) is 5.16 Å². The van der Waals surface area contributed by atoms with Crippen molar-refractivity contribution in [3.63, 3.8) is 0 Å². The van der Waals surface area contributed by atoms with Crippen LogP contribution < -0.4 is 16.1 Å². The van der Waals surface area contributed by atoms with E-state index in [0.717, 1.165) is 12.3 Å². The van der Waals surface area contributed by atoms with E-state index < -0.39 is 53.0 Å². The molecule has 0 aliphatic carbocycles. The molecule has 1 amide bonds. The Kier molecular flexibility index (Phi) is 10.8. The molecule has 0 spiro atoms. The van der Waals surface area contributed by atoms with Crippen LogP contribution in [0.2, 0.25) is 0 Å². The molecule has 0 radical (unpaired) electrons. The van der Waals surface area contributed by atoms with Crippen LogP contribution in [0, 0.1) is 21.0 Å². The number of hydrogen-bond acceptors (Lipinski definition) is 8. The normalized spacial score (nSPS) is 12.1. The summed E-state index contributed by atoms with van der Waals surface area (Å²) in [6.07, 6.45) is 0.219. The standard InChI is InChI=1S/C20H22F3IN4O5/c1-11(25-4-5-29)33-26-10-12-8-14(20(31)28-32-7-6-30)19(18(23)17(12)22)27-16-3-2-13(24)9-15(16)21/h2-3,8-11,25,27,29-30H,4-7H2,1H3,(H,28,31)/b26-10+. The molecule has 0 fully saturated rings. The number of benzene rings is 2. The molecule has 9 nitrogen and oxygen atoms in total. The van der Waals surface area contributed by atoms with Crippen LogP contribution in [0.15, 0.2) is 29.4 Å². The van der Waals surface area contributed by atoms with Crippen molar-refractivity contribution in [1.29, 1.82) is 0 Å². The predicted molar refractivity (Wildman–Crippen MR) is 122 cm³/mol. The minimum Gasteiger partial charge on any atom is -0.395 e. The fraction of sp³-hybridized carbons (Fsp3) is 0.300. The molecule has 0 saturated carbocycles. The Balaban J connectivity index is 2.40. The first-order valence-electron chi connectivity index (χ1n) is 9.59. The van der Waals surface area contributed by atoms with E-state index in [2.05, 4.69) is 15.8 Å². The molecule has 1 unspecified atom stereocenters. The molecule has 2 aromatic rings. The topological polar surface area (TPSA) is 124 Å². The number of carbonyl (C=O) groups is 1. The minimum atomic E-state index is -1.46. The summed E-state index contributed by atoms with van der Waals surface area (Å²) in [4.78, 5) is 22.3. The van der Waals surface area contributed by atoms with Crippen LogP contribution >= 0.6 is 22.6 Å². The summed E-state index contributed by atoms with van der Waals surface area (Å²) < 4.78 is 44.5. The van der Waals surface area contributed by atoms with E-state index in [1.165, 1.54) is 18.2 Å². The third kappa shape index (κ3) is 7.82. The second-order valence-electron chi connectivity index (χ2n) is 6.43. The van der Waals surface area contributed by atoms with Gasteiger partial charge in [0.15, 0.2) is 17.9 Å². The molecule has 2 rings (SSSR count). The zero-order valence-electron chi connectivity index (χ0n) is 17.4. The molecule has 2 aromatic carbocycles. The van der Waals surface area contributed by atoms with Crippen LogP contribution in [0.25, 0.3) is 0 Å². The average molecular weight is 582 g/mol. The number of nitrogens with zero attached hydrogens (tertiary/aromatic N) is 1. The lowest BCUT2D eigenvalue weighted by molar-refractivity contribution is 0.0168. The lowest BCUT2D eigenvalue weighted by atomic mass is 10.1. The van der Waals surface area contributed by atoms with Gasteiger partial charge in [-0.15, -0.1) is 0 Å². The highest BCUT2D eigenvalue weighted by molar-refractivity contribution is 14.1. The van der Waals surface area contributed by atoms with Crippen molar-refractivity contribution in [2.24, 2.45) is 5.16 Å². The van der Waals surface area contributed by atoms with Gasteiger partial charge in [-0.05, 0) is 53.8 Å². The number of hydrogen-bond donors (Lipinski definition) is 5. The van der Waals surface area contributed by atoms with Crippen LogP contribution in [0.4, 0.5) is 24.5 Å². The number of oxime groups is 1. The number of hydroxylamine groups is 1. The molecule has 1 atom stereocenters. The van der Waals surface area contributed by atoms with Crippen molar-refractivity contribution in [2.75, 3.05) is 31.7 Å². The summed E-state index contributed by atoms with van der Waals surface area (Å²) in [5, 5.41) is 26.3. The molecule has 5 N–H and O–H groups in total. The Labute approximate surface area is 201 Å². The second kappa shape index (κ2) is 13.3. The number of aliphatic hydroxyl groups excluding tert-OH is 2. The highest BCUT2D eigenvalue weighted by Crippen LogP contribution is 2.30. The van der Waals surface area contributed by atoms with Gasteiger partial charge in [0.1, 0.15) is 5.82 Å². The van der Waals surface area contributed by atoms with E-state index in [4.69, 9.17) is 19.9 Å². The molecule has 0 heterocycles. The largest absolute Gasteiger partial charge is 0.395 e. The molecule has 0 bridgehead atoms. The minimum absolute atomic E-state index is 0.135. The molecular weight excluding hydrogens is 560 g/mol. The number of rotatable bonds is 12. The smallest absolute Gasteiger partial charge is 0.277 e. The highest BCUT2D eigenvalue weighted by Gasteiger charge is 2.23. The van der Waals surface area contributed by atoms with E-state index in [1.54, 1.807) is 6.92 Å². The van der Waals surface area contributed by atoms with Gasteiger partial charge in [-0.25, -0.2) is 18.7 Å². The van der Waals surface area contributed by atoms with Gasteiger partial charge in [-0.3, -0.25) is 14.9 Å². The highest BCUT2D eigenvalue weighted by atomic mass is 127. The van der Waals surface area contributed by atoms with E-state index in [9.17, 15) is 18.0 Å². The number of amides is 1. The van der Waals surface area contributed by atoms with Gasteiger partial charge in [0.25, 0.3) is 5.91 Å². The fourth-order valence-corrected chi connectivity index (χ4v) is 2.92. The predicted octanol–water partition coefficient (Wildman–Crippen LogP) is 2.38. The molecule has 0 aromatic heterocycles.